The molecular weight excluding hydrogens is 512 g/mol. The van der Waals surface area contributed by atoms with Crippen LogP contribution in [0.2, 0.25) is 0 Å². The molecule has 0 saturated carbocycles. The zero-order chi connectivity index (χ0) is 31.7. The van der Waals surface area contributed by atoms with E-state index in [9.17, 15) is 10.2 Å². The normalized spacial score (nSPS) is 21.8. The molecule has 0 aromatic rings. The molecule has 2 nitrogen and oxygen atoms in total. The number of rotatable bonds is 13. The lowest BCUT2D eigenvalue weighted by Gasteiger charge is -2.38. The Balaban J connectivity index is 2.64. The number of aliphatic hydroxyl groups excluding tert-OH is 2. The van der Waals surface area contributed by atoms with Crippen molar-refractivity contribution in [2.24, 2.45) is 5.41 Å². The van der Waals surface area contributed by atoms with E-state index in [0.717, 1.165) is 35.1 Å². The maximum atomic E-state index is 10.3. The number of hydrogen-bond donors (Lipinski definition) is 2. The van der Waals surface area contributed by atoms with Crippen LogP contribution < -0.4 is 0 Å². The first-order valence-electron chi connectivity index (χ1n) is 15.2. The summed E-state index contributed by atoms with van der Waals surface area (Å²) in [6.07, 6.45) is 35.1. The van der Waals surface area contributed by atoms with Gasteiger partial charge < -0.3 is 10.2 Å². The highest BCUT2D eigenvalue weighted by atomic mass is 16.3. The molecule has 0 aromatic carbocycles. The Bertz CT molecular complexity index is 1250. The van der Waals surface area contributed by atoms with Gasteiger partial charge in [-0.1, -0.05) is 145 Å². The highest BCUT2D eigenvalue weighted by Gasteiger charge is 2.36. The van der Waals surface area contributed by atoms with Gasteiger partial charge in [0.05, 0.1) is 6.10 Å². The van der Waals surface area contributed by atoms with Gasteiger partial charge in [0.25, 0.3) is 0 Å². The summed E-state index contributed by atoms with van der Waals surface area (Å²) in [5.74, 6) is 0. The second kappa shape index (κ2) is 19.1. The van der Waals surface area contributed by atoms with E-state index in [4.69, 9.17) is 0 Å². The van der Waals surface area contributed by atoms with Crippen LogP contribution in [0.4, 0.5) is 0 Å². The van der Waals surface area contributed by atoms with Crippen LogP contribution in [0.25, 0.3) is 0 Å². The average molecular weight is 569 g/mol. The van der Waals surface area contributed by atoms with Crippen LogP contribution in [-0.2, 0) is 0 Å². The molecule has 0 saturated heterocycles. The molecule has 0 amide bonds. The minimum absolute atomic E-state index is 0.168. The molecule has 0 unspecified atom stereocenters. The third-order valence-electron chi connectivity index (χ3n) is 7.29. The summed E-state index contributed by atoms with van der Waals surface area (Å²) in [5.41, 5.74) is 9.26. The minimum Gasteiger partial charge on any atom is -0.390 e. The Morgan fingerprint density at radius 2 is 1.14 bits per heavy atom. The molecular formula is C40H56O2. The molecule has 2 N–H and O–H groups in total. The zero-order valence-electron chi connectivity index (χ0n) is 27.9. The fourth-order valence-corrected chi connectivity index (χ4v) is 4.67. The summed E-state index contributed by atoms with van der Waals surface area (Å²) < 4.78 is 0. The van der Waals surface area contributed by atoms with Gasteiger partial charge in [-0.25, -0.2) is 0 Å². The fourth-order valence-electron chi connectivity index (χ4n) is 4.67. The van der Waals surface area contributed by atoms with Crippen LogP contribution in [-0.4, -0.2) is 22.4 Å². The number of hydrogen-bond acceptors (Lipinski definition) is 2. The van der Waals surface area contributed by atoms with Crippen LogP contribution >= 0.6 is 0 Å². The molecule has 0 aromatic heterocycles. The highest BCUT2D eigenvalue weighted by molar-refractivity contribution is 5.39. The monoisotopic (exact) mass is 568 g/mol. The van der Waals surface area contributed by atoms with Crippen LogP contribution in [0, 0.1) is 5.41 Å². The standard InChI is InChI=1S/C40H56O2/c1-30(2)17-13-20-33(5)23-15-25-34(6)24-14-21-31(3)18-11-12-19-32(4)22-16-26-35(7)27-28-37-36(8)39(42)38(41)29-40(37,9)10/h11-12,14-19,21-28,38-39,41-42H,13,20,29H2,1-10H3/b12-11+,21-14+,22-16+,25-15+,28-27+,31-18+,32-19+,33-23+,34-24+,35-26+/t38-,39-/m1/s1. The molecule has 0 bridgehead atoms. The molecule has 0 aliphatic heterocycles. The van der Waals surface area contributed by atoms with Crippen molar-refractivity contribution >= 4 is 0 Å². The Morgan fingerprint density at radius 3 is 1.64 bits per heavy atom. The lowest BCUT2D eigenvalue weighted by Crippen LogP contribution is -2.38. The topological polar surface area (TPSA) is 40.5 Å². The van der Waals surface area contributed by atoms with Crippen molar-refractivity contribution < 1.29 is 10.2 Å². The molecule has 228 valence electrons. The van der Waals surface area contributed by atoms with Gasteiger partial charge in [0.2, 0.25) is 0 Å². The molecule has 0 heterocycles. The Kier molecular flexibility index (Phi) is 16.7. The second-order valence-corrected chi connectivity index (χ2v) is 12.5. The molecule has 1 aliphatic rings. The van der Waals surface area contributed by atoms with Gasteiger partial charge in [-0.15, -0.1) is 0 Å². The lowest BCUT2D eigenvalue weighted by molar-refractivity contribution is 0.00686. The van der Waals surface area contributed by atoms with Crippen molar-refractivity contribution in [3.8, 4) is 0 Å². The van der Waals surface area contributed by atoms with Gasteiger partial charge in [-0.2, -0.15) is 0 Å². The van der Waals surface area contributed by atoms with Crippen molar-refractivity contribution in [3.05, 3.63) is 142 Å². The van der Waals surface area contributed by atoms with E-state index in [1.807, 2.05) is 6.92 Å². The molecule has 2 atom stereocenters. The first-order valence-corrected chi connectivity index (χ1v) is 15.2. The summed E-state index contributed by atoms with van der Waals surface area (Å²) in [6, 6.07) is 0. The molecule has 0 fully saturated rings. The first-order chi connectivity index (χ1) is 19.7. The predicted octanol–water partition coefficient (Wildman–Crippen LogP) is 10.7. The molecule has 0 radical (unpaired) electrons. The quantitative estimate of drug-likeness (QED) is 0.171. The van der Waals surface area contributed by atoms with Gasteiger partial charge >= 0.3 is 0 Å². The van der Waals surface area contributed by atoms with E-state index in [-0.39, 0.29) is 5.41 Å². The summed E-state index contributed by atoms with van der Waals surface area (Å²) in [5, 5.41) is 20.4. The second-order valence-electron chi connectivity index (χ2n) is 12.5. The van der Waals surface area contributed by atoms with E-state index < -0.39 is 12.2 Å². The van der Waals surface area contributed by atoms with E-state index >= 15 is 0 Å². The van der Waals surface area contributed by atoms with Crippen molar-refractivity contribution in [3.63, 3.8) is 0 Å². The Labute approximate surface area is 257 Å². The van der Waals surface area contributed by atoms with Crippen LogP contribution in [0.3, 0.4) is 0 Å². The summed E-state index contributed by atoms with van der Waals surface area (Å²) in [6.45, 7) is 21.0. The van der Waals surface area contributed by atoms with Gasteiger partial charge in [0, 0.05) is 0 Å². The van der Waals surface area contributed by atoms with E-state index in [2.05, 4.69) is 160 Å². The van der Waals surface area contributed by atoms with Crippen molar-refractivity contribution in [1.29, 1.82) is 0 Å². The van der Waals surface area contributed by atoms with Gasteiger partial charge in [-0.05, 0) is 91.2 Å². The maximum absolute atomic E-state index is 10.3. The maximum Gasteiger partial charge on any atom is 0.101 e. The van der Waals surface area contributed by atoms with Crippen molar-refractivity contribution in [2.75, 3.05) is 0 Å². The first kappa shape index (κ1) is 36.8. The van der Waals surface area contributed by atoms with Crippen molar-refractivity contribution in [1.82, 2.24) is 0 Å². The molecule has 2 heteroatoms. The fraction of sp³-hybridized carbons (Fsp3) is 0.400. The molecule has 42 heavy (non-hydrogen) atoms. The molecule has 1 rings (SSSR count). The smallest absolute Gasteiger partial charge is 0.101 e. The third kappa shape index (κ3) is 15.1. The zero-order valence-corrected chi connectivity index (χ0v) is 27.9. The highest BCUT2D eigenvalue weighted by Crippen LogP contribution is 2.41. The Morgan fingerprint density at radius 1 is 0.690 bits per heavy atom. The molecule has 0 spiro atoms. The SMILES string of the molecule is CC(C)=CCC/C(C)=C/C=C/C(C)=C/C=C/C(C)=C/C=C/C=C(C)/C=C/C=C(C)/C=C/C1=C(C)[C@@H](O)[C@H](O)CC1(C)C. The van der Waals surface area contributed by atoms with Crippen LogP contribution in [0.5, 0.6) is 0 Å². The Hall–Kier alpha value is -3.20. The van der Waals surface area contributed by atoms with Crippen molar-refractivity contribution in [2.45, 2.75) is 101 Å². The lowest BCUT2D eigenvalue weighted by atomic mass is 9.70. The van der Waals surface area contributed by atoms with E-state index in [0.29, 0.717) is 6.42 Å². The van der Waals surface area contributed by atoms with Gasteiger partial charge in [0.15, 0.2) is 0 Å². The minimum atomic E-state index is -0.786. The predicted molar refractivity (Wildman–Crippen MR) is 186 cm³/mol. The number of aliphatic hydroxyl groups is 2. The third-order valence-corrected chi connectivity index (χ3v) is 7.29. The summed E-state index contributed by atoms with van der Waals surface area (Å²) in [4.78, 5) is 0. The van der Waals surface area contributed by atoms with Crippen LogP contribution in [0.15, 0.2) is 142 Å². The van der Waals surface area contributed by atoms with Gasteiger partial charge in [0.1, 0.15) is 6.10 Å². The summed E-state index contributed by atoms with van der Waals surface area (Å²) in [7, 11) is 0. The van der Waals surface area contributed by atoms with E-state index in [1.54, 1.807) is 0 Å². The van der Waals surface area contributed by atoms with E-state index in [1.165, 1.54) is 22.3 Å². The molecule has 1 aliphatic carbocycles. The summed E-state index contributed by atoms with van der Waals surface area (Å²) >= 11 is 0. The average Bonchev–Trinajstić information content (AvgIpc) is 2.89. The van der Waals surface area contributed by atoms with Gasteiger partial charge in [-0.3, -0.25) is 0 Å². The number of allylic oxidation sites excluding steroid dienone is 23. The largest absolute Gasteiger partial charge is 0.390 e. The van der Waals surface area contributed by atoms with Crippen LogP contribution in [0.1, 0.15) is 88.5 Å².